The molecule has 31 heavy (non-hydrogen) atoms. The van der Waals surface area contributed by atoms with Crippen LogP contribution in [0.2, 0.25) is 0 Å². The molecule has 7 nitrogen and oxygen atoms in total. The zero-order valence-corrected chi connectivity index (χ0v) is 18.3. The number of ether oxygens (including phenoxy) is 1. The number of piperidine rings is 1. The van der Waals surface area contributed by atoms with E-state index in [2.05, 4.69) is 34.5 Å². The van der Waals surface area contributed by atoms with Crippen LogP contribution in [0.25, 0.3) is 0 Å². The van der Waals surface area contributed by atoms with Gasteiger partial charge in [0.1, 0.15) is 0 Å². The first-order valence-electron chi connectivity index (χ1n) is 11.9. The summed E-state index contributed by atoms with van der Waals surface area (Å²) in [6, 6.07) is 9.72. The van der Waals surface area contributed by atoms with Crippen LogP contribution in [0.3, 0.4) is 0 Å². The van der Waals surface area contributed by atoms with Gasteiger partial charge in [0.25, 0.3) is 0 Å². The molecule has 3 heterocycles. The van der Waals surface area contributed by atoms with Gasteiger partial charge in [0, 0.05) is 57.3 Å². The van der Waals surface area contributed by atoms with Gasteiger partial charge in [-0.3, -0.25) is 9.69 Å². The molecule has 3 amide bonds. The Labute approximate surface area is 184 Å². The number of carbonyl (C=O) groups is 2. The van der Waals surface area contributed by atoms with Gasteiger partial charge in [0.15, 0.2) is 0 Å². The topological polar surface area (TPSA) is 65.1 Å². The van der Waals surface area contributed by atoms with Crippen LogP contribution in [-0.2, 0) is 16.0 Å². The standard InChI is InChI=1S/C24H34N4O3/c29-23(25-19-5-6-19)17-22-21-4-2-1-3-18(21)7-12-28(22)20-8-10-26(11-9-20)24(30)27-13-15-31-16-14-27/h1-4,19-20,22H,5-17H2,(H,25,29). The van der Waals surface area contributed by atoms with Gasteiger partial charge in [-0.2, -0.15) is 0 Å². The van der Waals surface area contributed by atoms with E-state index in [-0.39, 0.29) is 18.0 Å². The molecular weight excluding hydrogens is 392 g/mol. The molecule has 5 rings (SSSR count). The van der Waals surface area contributed by atoms with Gasteiger partial charge in [-0.15, -0.1) is 0 Å². The largest absolute Gasteiger partial charge is 0.378 e. The summed E-state index contributed by atoms with van der Waals surface area (Å²) in [5.41, 5.74) is 2.69. The number of amides is 3. The second-order valence-electron chi connectivity index (χ2n) is 9.35. The van der Waals surface area contributed by atoms with Crippen LogP contribution < -0.4 is 5.32 Å². The summed E-state index contributed by atoms with van der Waals surface area (Å²) in [5.74, 6) is 0.175. The van der Waals surface area contributed by atoms with Gasteiger partial charge in [0.05, 0.1) is 13.2 Å². The Morgan fingerprint density at radius 3 is 2.39 bits per heavy atom. The van der Waals surface area contributed by atoms with Gasteiger partial charge in [-0.05, 0) is 43.2 Å². The highest BCUT2D eigenvalue weighted by Crippen LogP contribution is 2.36. The fourth-order valence-electron chi connectivity index (χ4n) is 5.37. The molecule has 1 atom stereocenters. The summed E-state index contributed by atoms with van der Waals surface area (Å²) in [4.78, 5) is 32.0. The number of likely N-dealkylation sites (tertiary alicyclic amines) is 1. The first-order valence-corrected chi connectivity index (χ1v) is 11.9. The van der Waals surface area contributed by atoms with Crippen LogP contribution in [0.4, 0.5) is 4.79 Å². The van der Waals surface area contributed by atoms with E-state index in [1.807, 2.05) is 9.80 Å². The Morgan fingerprint density at radius 1 is 0.935 bits per heavy atom. The smallest absolute Gasteiger partial charge is 0.320 e. The third kappa shape index (κ3) is 4.72. The number of nitrogens with zero attached hydrogens (tertiary/aromatic N) is 3. The molecule has 1 saturated carbocycles. The van der Waals surface area contributed by atoms with E-state index in [4.69, 9.17) is 4.74 Å². The van der Waals surface area contributed by atoms with Gasteiger partial charge in [-0.1, -0.05) is 24.3 Å². The summed E-state index contributed by atoms with van der Waals surface area (Å²) in [5, 5.41) is 3.18. The van der Waals surface area contributed by atoms with Crippen LogP contribution in [0.15, 0.2) is 24.3 Å². The number of rotatable bonds is 4. The lowest BCUT2D eigenvalue weighted by molar-refractivity contribution is -0.123. The minimum absolute atomic E-state index is 0.134. The van der Waals surface area contributed by atoms with Crippen molar-refractivity contribution >= 4 is 11.9 Å². The summed E-state index contributed by atoms with van der Waals surface area (Å²) in [6.07, 6.45) is 5.74. The maximum Gasteiger partial charge on any atom is 0.320 e. The molecule has 0 spiro atoms. The van der Waals surface area contributed by atoms with Crippen LogP contribution >= 0.6 is 0 Å². The number of nitrogens with one attached hydrogen (secondary N) is 1. The van der Waals surface area contributed by atoms with Crippen molar-refractivity contribution in [2.45, 2.75) is 56.7 Å². The van der Waals surface area contributed by atoms with E-state index < -0.39 is 0 Å². The van der Waals surface area contributed by atoms with E-state index >= 15 is 0 Å². The van der Waals surface area contributed by atoms with Crippen LogP contribution in [0, 0.1) is 0 Å². The Bertz CT molecular complexity index is 798. The SMILES string of the molecule is O=C(CC1c2ccccc2CCN1C1CCN(C(=O)N2CCOCC2)CC1)NC1CC1. The molecule has 1 aromatic rings. The average molecular weight is 427 g/mol. The molecule has 3 fully saturated rings. The number of morpholine rings is 1. The van der Waals surface area contributed by atoms with Crippen molar-refractivity contribution in [2.24, 2.45) is 0 Å². The third-order valence-electron chi connectivity index (χ3n) is 7.26. The summed E-state index contributed by atoms with van der Waals surface area (Å²) < 4.78 is 5.38. The summed E-state index contributed by atoms with van der Waals surface area (Å²) in [6.45, 7) is 5.24. The lowest BCUT2D eigenvalue weighted by Crippen LogP contribution is -2.54. The van der Waals surface area contributed by atoms with E-state index in [1.165, 1.54) is 11.1 Å². The molecule has 2 saturated heterocycles. The quantitative estimate of drug-likeness (QED) is 0.802. The Morgan fingerprint density at radius 2 is 1.65 bits per heavy atom. The lowest BCUT2D eigenvalue weighted by atomic mass is 9.87. The predicted molar refractivity (Wildman–Crippen MR) is 118 cm³/mol. The predicted octanol–water partition coefficient (Wildman–Crippen LogP) is 2.17. The van der Waals surface area contributed by atoms with Crippen LogP contribution in [-0.4, -0.2) is 84.7 Å². The zero-order chi connectivity index (χ0) is 21.2. The summed E-state index contributed by atoms with van der Waals surface area (Å²) >= 11 is 0. The fourth-order valence-corrected chi connectivity index (χ4v) is 5.37. The number of hydrogen-bond acceptors (Lipinski definition) is 4. The minimum atomic E-state index is 0.134. The number of benzene rings is 1. The first-order chi connectivity index (χ1) is 15.2. The van der Waals surface area contributed by atoms with Crippen molar-refractivity contribution in [3.63, 3.8) is 0 Å². The highest BCUT2D eigenvalue weighted by atomic mass is 16.5. The summed E-state index contributed by atoms with van der Waals surface area (Å²) in [7, 11) is 0. The van der Waals surface area contributed by atoms with Crippen molar-refractivity contribution < 1.29 is 14.3 Å². The van der Waals surface area contributed by atoms with E-state index in [9.17, 15) is 9.59 Å². The zero-order valence-electron chi connectivity index (χ0n) is 18.3. The van der Waals surface area contributed by atoms with E-state index in [0.717, 1.165) is 51.7 Å². The monoisotopic (exact) mass is 426 g/mol. The number of fused-ring (bicyclic) bond motifs is 1. The van der Waals surface area contributed by atoms with Crippen LogP contribution in [0.1, 0.15) is 49.3 Å². The van der Waals surface area contributed by atoms with Gasteiger partial charge < -0.3 is 19.9 Å². The Kier molecular flexibility index (Phi) is 6.14. The van der Waals surface area contributed by atoms with Crippen molar-refractivity contribution in [1.29, 1.82) is 0 Å². The fraction of sp³-hybridized carbons (Fsp3) is 0.667. The van der Waals surface area contributed by atoms with Crippen molar-refractivity contribution in [3.05, 3.63) is 35.4 Å². The molecule has 4 aliphatic rings. The maximum atomic E-state index is 12.8. The molecule has 7 heteroatoms. The second-order valence-corrected chi connectivity index (χ2v) is 9.35. The number of urea groups is 1. The van der Waals surface area contributed by atoms with E-state index in [1.54, 1.807) is 0 Å². The molecular formula is C24H34N4O3. The maximum absolute atomic E-state index is 12.8. The van der Waals surface area contributed by atoms with Gasteiger partial charge >= 0.3 is 6.03 Å². The van der Waals surface area contributed by atoms with Gasteiger partial charge in [-0.25, -0.2) is 4.79 Å². The number of hydrogen-bond donors (Lipinski definition) is 1. The van der Waals surface area contributed by atoms with Crippen molar-refractivity contribution in [3.8, 4) is 0 Å². The average Bonchev–Trinajstić information content (AvgIpc) is 3.63. The first kappa shape index (κ1) is 20.8. The van der Waals surface area contributed by atoms with Crippen LogP contribution in [0.5, 0.6) is 0 Å². The molecule has 0 bridgehead atoms. The van der Waals surface area contributed by atoms with Crippen molar-refractivity contribution in [1.82, 2.24) is 20.0 Å². The second kappa shape index (κ2) is 9.17. The Hall–Kier alpha value is -2.12. The molecule has 1 unspecified atom stereocenters. The third-order valence-corrected chi connectivity index (χ3v) is 7.26. The Balaban J connectivity index is 1.25. The van der Waals surface area contributed by atoms with Gasteiger partial charge in [0.2, 0.25) is 5.91 Å². The molecule has 0 radical (unpaired) electrons. The molecule has 1 aliphatic carbocycles. The number of carbonyl (C=O) groups excluding carboxylic acids is 2. The van der Waals surface area contributed by atoms with E-state index in [0.29, 0.717) is 44.8 Å². The highest BCUT2D eigenvalue weighted by molar-refractivity contribution is 5.77. The minimum Gasteiger partial charge on any atom is -0.378 e. The molecule has 168 valence electrons. The normalized spacial score (nSPS) is 25.2. The van der Waals surface area contributed by atoms with Crippen molar-refractivity contribution in [2.75, 3.05) is 45.9 Å². The highest BCUT2D eigenvalue weighted by Gasteiger charge is 2.37. The molecule has 1 N–H and O–H groups in total. The molecule has 3 aliphatic heterocycles. The molecule has 1 aromatic carbocycles. The lowest BCUT2D eigenvalue weighted by Gasteiger charge is -2.46. The molecule has 0 aromatic heterocycles.